The Hall–Kier alpha value is -0.580. The molecule has 0 bridgehead atoms. The zero-order chi connectivity index (χ0) is 12.1. The van der Waals surface area contributed by atoms with E-state index >= 15 is 0 Å². The predicted octanol–water partition coefficient (Wildman–Crippen LogP) is 3.91. The van der Waals surface area contributed by atoms with E-state index < -0.39 is 0 Å². The zero-order valence-electron chi connectivity index (χ0n) is 9.96. The van der Waals surface area contributed by atoms with Gasteiger partial charge in [0.05, 0.1) is 0 Å². The van der Waals surface area contributed by atoms with E-state index in [1.54, 1.807) is 0 Å². The van der Waals surface area contributed by atoms with Crippen LogP contribution in [0.3, 0.4) is 0 Å². The Balaban J connectivity index is 2.66. The first-order valence-electron chi connectivity index (χ1n) is 5.61. The molecule has 0 aliphatic rings. The van der Waals surface area contributed by atoms with E-state index in [1.165, 1.54) is 3.57 Å². The average molecular weight is 331 g/mol. The highest BCUT2D eigenvalue weighted by atomic mass is 127. The van der Waals surface area contributed by atoms with Crippen molar-refractivity contribution in [3.8, 4) is 0 Å². The molecule has 1 N–H and O–H groups in total. The van der Waals surface area contributed by atoms with Crippen molar-refractivity contribution in [1.82, 2.24) is 0 Å². The summed E-state index contributed by atoms with van der Waals surface area (Å²) in [4.78, 5) is 12.0. The zero-order valence-corrected chi connectivity index (χ0v) is 12.1. The number of nitrogens with one attached hydrogen (secondary N) is 1. The van der Waals surface area contributed by atoms with Crippen LogP contribution in [-0.2, 0) is 4.79 Å². The highest BCUT2D eigenvalue weighted by Gasteiger charge is 2.19. The fourth-order valence-corrected chi connectivity index (χ4v) is 2.09. The van der Waals surface area contributed by atoms with Gasteiger partial charge in [-0.3, -0.25) is 4.79 Å². The quantitative estimate of drug-likeness (QED) is 0.833. The Morgan fingerprint density at radius 1 is 1.31 bits per heavy atom. The average Bonchev–Trinajstić information content (AvgIpc) is 2.22. The van der Waals surface area contributed by atoms with Crippen LogP contribution in [0.5, 0.6) is 0 Å². The fourth-order valence-electron chi connectivity index (χ4n) is 1.73. The molecule has 1 rings (SSSR count). The summed E-state index contributed by atoms with van der Waals surface area (Å²) in [5.41, 5.74) is 0.879. The standard InChI is InChI=1S/C13H18INO/c1-4-12(9(2)3)13(16)15-11-7-5-10(14)6-8-11/h5-9,12H,4H2,1-3H3,(H,15,16). The Kier molecular flexibility index (Phi) is 5.25. The number of hydrogen-bond donors (Lipinski definition) is 1. The summed E-state index contributed by atoms with van der Waals surface area (Å²) in [6.45, 7) is 6.22. The third-order valence-electron chi connectivity index (χ3n) is 2.69. The van der Waals surface area contributed by atoms with Crippen molar-refractivity contribution < 1.29 is 4.79 Å². The lowest BCUT2D eigenvalue weighted by atomic mass is 9.92. The molecule has 0 fully saturated rings. The number of halogens is 1. The second kappa shape index (κ2) is 6.23. The van der Waals surface area contributed by atoms with Gasteiger partial charge in [-0.25, -0.2) is 0 Å². The molecule has 88 valence electrons. The molecule has 0 aromatic heterocycles. The van der Waals surface area contributed by atoms with Gasteiger partial charge < -0.3 is 5.32 Å². The van der Waals surface area contributed by atoms with Crippen molar-refractivity contribution in [3.05, 3.63) is 27.8 Å². The van der Waals surface area contributed by atoms with Gasteiger partial charge in [0, 0.05) is 15.2 Å². The SMILES string of the molecule is CCC(C(=O)Nc1ccc(I)cc1)C(C)C. The van der Waals surface area contributed by atoms with Crippen molar-refractivity contribution in [2.75, 3.05) is 5.32 Å². The first kappa shape index (κ1) is 13.5. The highest BCUT2D eigenvalue weighted by molar-refractivity contribution is 14.1. The molecule has 1 amide bonds. The van der Waals surface area contributed by atoms with Crippen LogP contribution in [-0.4, -0.2) is 5.91 Å². The molecule has 0 saturated carbocycles. The first-order valence-corrected chi connectivity index (χ1v) is 6.69. The van der Waals surface area contributed by atoms with Gasteiger partial charge in [-0.05, 0) is 59.2 Å². The number of benzene rings is 1. The van der Waals surface area contributed by atoms with Crippen molar-refractivity contribution in [2.24, 2.45) is 11.8 Å². The molecule has 0 saturated heterocycles. The predicted molar refractivity (Wildman–Crippen MR) is 76.4 cm³/mol. The third-order valence-corrected chi connectivity index (χ3v) is 3.41. The molecular formula is C13H18INO. The Labute approximate surface area is 111 Å². The Morgan fingerprint density at radius 3 is 2.31 bits per heavy atom. The second-order valence-corrected chi connectivity index (χ2v) is 5.50. The Bertz CT molecular complexity index is 345. The second-order valence-electron chi connectivity index (χ2n) is 4.25. The smallest absolute Gasteiger partial charge is 0.227 e. The summed E-state index contributed by atoms with van der Waals surface area (Å²) in [5, 5.41) is 2.96. The summed E-state index contributed by atoms with van der Waals surface area (Å²) < 4.78 is 1.17. The van der Waals surface area contributed by atoms with Gasteiger partial charge in [-0.1, -0.05) is 20.8 Å². The van der Waals surface area contributed by atoms with Crippen molar-refractivity contribution >= 4 is 34.2 Å². The molecule has 0 spiro atoms. The van der Waals surface area contributed by atoms with Crippen molar-refractivity contribution in [3.63, 3.8) is 0 Å². The van der Waals surface area contributed by atoms with E-state index in [0.29, 0.717) is 5.92 Å². The summed E-state index contributed by atoms with van der Waals surface area (Å²) in [6.07, 6.45) is 0.883. The van der Waals surface area contributed by atoms with Gasteiger partial charge in [0.15, 0.2) is 0 Å². The van der Waals surface area contributed by atoms with E-state index in [0.717, 1.165) is 12.1 Å². The summed E-state index contributed by atoms with van der Waals surface area (Å²) in [5.74, 6) is 0.604. The van der Waals surface area contributed by atoms with Crippen LogP contribution in [0, 0.1) is 15.4 Å². The van der Waals surface area contributed by atoms with Crippen LogP contribution in [0.1, 0.15) is 27.2 Å². The third kappa shape index (κ3) is 3.77. The van der Waals surface area contributed by atoms with Gasteiger partial charge in [-0.2, -0.15) is 0 Å². The highest BCUT2D eigenvalue weighted by Crippen LogP contribution is 2.18. The Morgan fingerprint density at radius 2 is 1.88 bits per heavy atom. The maximum absolute atomic E-state index is 12.0. The first-order chi connectivity index (χ1) is 7.54. The lowest BCUT2D eigenvalue weighted by Crippen LogP contribution is -2.26. The largest absolute Gasteiger partial charge is 0.326 e. The van der Waals surface area contributed by atoms with Gasteiger partial charge in [0.2, 0.25) is 5.91 Å². The topological polar surface area (TPSA) is 29.1 Å². The number of anilines is 1. The monoisotopic (exact) mass is 331 g/mol. The van der Waals surface area contributed by atoms with Gasteiger partial charge in [0.25, 0.3) is 0 Å². The van der Waals surface area contributed by atoms with Gasteiger partial charge in [-0.15, -0.1) is 0 Å². The van der Waals surface area contributed by atoms with Gasteiger partial charge >= 0.3 is 0 Å². The summed E-state index contributed by atoms with van der Waals surface area (Å²) >= 11 is 2.25. The minimum Gasteiger partial charge on any atom is -0.326 e. The molecule has 1 aromatic rings. The van der Waals surface area contributed by atoms with Crippen LogP contribution in [0.4, 0.5) is 5.69 Å². The van der Waals surface area contributed by atoms with E-state index in [4.69, 9.17) is 0 Å². The molecule has 1 atom stereocenters. The molecule has 1 aromatic carbocycles. The van der Waals surface area contributed by atoms with Crippen LogP contribution in [0.25, 0.3) is 0 Å². The molecule has 2 nitrogen and oxygen atoms in total. The lowest BCUT2D eigenvalue weighted by molar-refractivity contribution is -0.121. The number of rotatable bonds is 4. The molecule has 16 heavy (non-hydrogen) atoms. The number of carbonyl (C=O) groups excluding carboxylic acids is 1. The normalized spacial score (nSPS) is 12.6. The minimum atomic E-state index is 0.0966. The minimum absolute atomic E-state index is 0.0966. The van der Waals surface area contributed by atoms with E-state index in [2.05, 4.69) is 48.7 Å². The van der Waals surface area contributed by atoms with Crippen molar-refractivity contribution in [1.29, 1.82) is 0 Å². The van der Waals surface area contributed by atoms with Crippen LogP contribution < -0.4 is 5.32 Å². The van der Waals surface area contributed by atoms with Crippen LogP contribution in [0.2, 0.25) is 0 Å². The number of hydrogen-bond acceptors (Lipinski definition) is 1. The maximum Gasteiger partial charge on any atom is 0.227 e. The molecule has 0 heterocycles. The lowest BCUT2D eigenvalue weighted by Gasteiger charge is -2.18. The maximum atomic E-state index is 12.0. The molecule has 0 radical (unpaired) electrons. The summed E-state index contributed by atoms with van der Waals surface area (Å²) in [7, 11) is 0. The fraction of sp³-hybridized carbons (Fsp3) is 0.462. The number of carbonyl (C=O) groups is 1. The number of amides is 1. The van der Waals surface area contributed by atoms with Crippen LogP contribution in [0.15, 0.2) is 24.3 Å². The molecule has 0 aliphatic heterocycles. The van der Waals surface area contributed by atoms with Gasteiger partial charge in [0.1, 0.15) is 0 Å². The van der Waals surface area contributed by atoms with E-state index in [1.807, 2.05) is 24.3 Å². The van der Waals surface area contributed by atoms with Crippen LogP contribution >= 0.6 is 22.6 Å². The summed E-state index contributed by atoms with van der Waals surface area (Å²) in [6, 6.07) is 7.86. The van der Waals surface area contributed by atoms with E-state index in [9.17, 15) is 4.79 Å². The molecule has 0 aliphatic carbocycles. The molecule has 3 heteroatoms. The van der Waals surface area contributed by atoms with E-state index in [-0.39, 0.29) is 11.8 Å². The van der Waals surface area contributed by atoms with Crippen molar-refractivity contribution in [2.45, 2.75) is 27.2 Å². The molecule has 1 unspecified atom stereocenters. The molecular weight excluding hydrogens is 313 g/mol.